The standard InChI is InChI=1S/C12H15NS/c1-9-8-10-6-4-5-7-12(2,13-3)11(10)14-9/h4-8,13H,1-3H3. The van der Waals surface area contributed by atoms with Crippen molar-refractivity contribution in [2.24, 2.45) is 0 Å². The minimum absolute atomic E-state index is 0.0161. The Labute approximate surface area is 89.2 Å². The monoisotopic (exact) mass is 205 g/mol. The molecule has 0 aromatic carbocycles. The average molecular weight is 205 g/mol. The Kier molecular flexibility index (Phi) is 2.33. The molecule has 0 saturated heterocycles. The molecule has 2 heteroatoms. The van der Waals surface area contributed by atoms with E-state index in [9.17, 15) is 0 Å². The highest BCUT2D eigenvalue weighted by Gasteiger charge is 2.26. The number of rotatable bonds is 1. The van der Waals surface area contributed by atoms with Crippen molar-refractivity contribution in [3.63, 3.8) is 0 Å². The van der Waals surface area contributed by atoms with Crippen LogP contribution in [-0.4, -0.2) is 7.05 Å². The minimum Gasteiger partial charge on any atom is -0.307 e. The third-order valence-corrected chi connectivity index (χ3v) is 4.00. The summed E-state index contributed by atoms with van der Waals surface area (Å²) in [5.74, 6) is 0. The van der Waals surface area contributed by atoms with Crippen molar-refractivity contribution in [3.8, 4) is 0 Å². The molecule has 1 aromatic rings. The van der Waals surface area contributed by atoms with Crippen molar-refractivity contribution < 1.29 is 0 Å². The SMILES string of the molecule is CNC1(C)C=CC=Cc2cc(C)sc21. The fraction of sp³-hybridized carbons (Fsp3) is 0.333. The fourth-order valence-corrected chi connectivity index (χ4v) is 2.88. The molecule has 2 rings (SSSR count). The smallest absolute Gasteiger partial charge is 0.0692 e. The van der Waals surface area contributed by atoms with Crippen molar-refractivity contribution in [2.45, 2.75) is 19.4 Å². The third kappa shape index (κ3) is 1.45. The quantitative estimate of drug-likeness (QED) is 0.743. The Hall–Kier alpha value is -0.860. The Morgan fingerprint density at radius 1 is 1.36 bits per heavy atom. The first-order valence-corrected chi connectivity index (χ1v) is 5.63. The van der Waals surface area contributed by atoms with Gasteiger partial charge in [-0.3, -0.25) is 0 Å². The number of aryl methyl sites for hydroxylation is 1. The Balaban J connectivity index is 2.60. The summed E-state index contributed by atoms with van der Waals surface area (Å²) in [5, 5.41) is 3.37. The number of allylic oxidation sites excluding steroid dienone is 2. The van der Waals surface area contributed by atoms with Gasteiger partial charge in [0.05, 0.1) is 5.54 Å². The summed E-state index contributed by atoms with van der Waals surface area (Å²) in [7, 11) is 2.01. The molecule has 1 unspecified atom stereocenters. The van der Waals surface area contributed by atoms with Crippen LogP contribution in [0.4, 0.5) is 0 Å². The van der Waals surface area contributed by atoms with Crippen molar-refractivity contribution in [1.82, 2.24) is 5.32 Å². The molecule has 1 nitrogen and oxygen atoms in total. The molecular formula is C12H15NS. The maximum Gasteiger partial charge on any atom is 0.0692 e. The summed E-state index contributed by atoms with van der Waals surface area (Å²) < 4.78 is 0. The minimum atomic E-state index is -0.0161. The number of nitrogens with one attached hydrogen (secondary N) is 1. The van der Waals surface area contributed by atoms with E-state index in [-0.39, 0.29) is 5.54 Å². The number of fused-ring (bicyclic) bond motifs is 1. The second kappa shape index (κ2) is 3.37. The van der Waals surface area contributed by atoms with Crippen molar-refractivity contribution in [1.29, 1.82) is 0 Å². The van der Waals surface area contributed by atoms with Gasteiger partial charge in [-0.25, -0.2) is 0 Å². The summed E-state index contributed by atoms with van der Waals surface area (Å²) >= 11 is 1.87. The molecule has 0 aliphatic heterocycles. The van der Waals surface area contributed by atoms with Gasteiger partial charge >= 0.3 is 0 Å². The summed E-state index contributed by atoms with van der Waals surface area (Å²) in [6.07, 6.45) is 8.61. The molecule has 1 heterocycles. The molecule has 1 aromatic heterocycles. The number of hydrogen-bond acceptors (Lipinski definition) is 2. The second-order valence-corrected chi connectivity index (χ2v) is 5.07. The van der Waals surface area contributed by atoms with Crippen LogP contribution in [0.15, 0.2) is 24.3 Å². The summed E-state index contributed by atoms with van der Waals surface area (Å²) in [6.45, 7) is 4.37. The van der Waals surface area contributed by atoms with E-state index in [0.29, 0.717) is 0 Å². The zero-order valence-electron chi connectivity index (χ0n) is 8.79. The van der Waals surface area contributed by atoms with Gasteiger partial charge in [0, 0.05) is 9.75 Å². The molecule has 0 saturated carbocycles. The molecule has 0 fully saturated rings. The van der Waals surface area contributed by atoms with Gasteiger partial charge in [-0.05, 0) is 32.5 Å². The van der Waals surface area contributed by atoms with Gasteiger partial charge in [0.25, 0.3) is 0 Å². The lowest BCUT2D eigenvalue weighted by molar-refractivity contribution is 0.514. The van der Waals surface area contributed by atoms with Crippen LogP contribution in [0, 0.1) is 6.92 Å². The van der Waals surface area contributed by atoms with Crippen LogP contribution in [0.3, 0.4) is 0 Å². The topological polar surface area (TPSA) is 12.0 Å². The zero-order valence-corrected chi connectivity index (χ0v) is 9.61. The van der Waals surface area contributed by atoms with E-state index in [2.05, 4.69) is 49.5 Å². The van der Waals surface area contributed by atoms with Crippen LogP contribution in [0.1, 0.15) is 22.2 Å². The van der Waals surface area contributed by atoms with Gasteiger partial charge in [0.2, 0.25) is 0 Å². The molecule has 1 aliphatic carbocycles. The lowest BCUT2D eigenvalue weighted by Crippen LogP contribution is -2.33. The number of hydrogen-bond donors (Lipinski definition) is 1. The van der Waals surface area contributed by atoms with Gasteiger partial charge in [-0.1, -0.05) is 24.3 Å². The lowest BCUT2D eigenvalue weighted by Gasteiger charge is -2.24. The van der Waals surface area contributed by atoms with Crippen LogP contribution < -0.4 is 5.32 Å². The molecule has 1 atom stereocenters. The molecule has 0 radical (unpaired) electrons. The van der Waals surface area contributed by atoms with Crippen molar-refractivity contribution in [3.05, 3.63) is 39.6 Å². The summed E-state index contributed by atoms with van der Waals surface area (Å²) in [5.41, 5.74) is 1.33. The molecule has 0 spiro atoms. The van der Waals surface area contributed by atoms with E-state index in [1.165, 1.54) is 15.3 Å². The number of likely N-dealkylation sites (N-methyl/N-ethyl adjacent to an activating group) is 1. The molecular weight excluding hydrogens is 190 g/mol. The van der Waals surface area contributed by atoms with E-state index in [1.54, 1.807) is 0 Å². The molecule has 14 heavy (non-hydrogen) atoms. The molecule has 0 amide bonds. The van der Waals surface area contributed by atoms with Crippen LogP contribution >= 0.6 is 11.3 Å². The summed E-state index contributed by atoms with van der Waals surface area (Å²) in [6, 6.07) is 2.25. The first-order valence-electron chi connectivity index (χ1n) is 4.81. The van der Waals surface area contributed by atoms with E-state index >= 15 is 0 Å². The Bertz CT molecular complexity index is 400. The third-order valence-electron chi connectivity index (χ3n) is 2.69. The molecule has 74 valence electrons. The fourth-order valence-electron chi connectivity index (χ4n) is 1.74. The lowest BCUT2D eigenvalue weighted by atomic mass is 9.98. The molecule has 1 aliphatic rings. The predicted octanol–water partition coefficient (Wildman–Crippen LogP) is 3.07. The van der Waals surface area contributed by atoms with E-state index in [4.69, 9.17) is 0 Å². The van der Waals surface area contributed by atoms with Crippen LogP contribution in [-0.2, 0) is 5.54 Å². The highest BCUT2D eigenvalue weighted by molar-refractivity contribution is 7.12. The maximum absolute atomic E-state index is 3.37. The van der Waals surface area contributed by atoms with Crippen LogP contribution in [0.25, 0.3) is 6.08 Å². The van der Waals surface area contributed by atoms with E-state index < -0.39 is 0 Å². The van der Waals surface area contributed by atoms with Crippen molar-refractivity contribution >= 4 is 17.4 Å². The number of thiophene rings is 1. The Morgan fingerprint density at radius 3 is 2.86 bits per heavy atom. The van der Waals surface area contributed by atoms with Crippen molar-refractivity contribution in [2.75, 3.05) is 7.05 Å². The maximum atomic E-state index is 3.37. The highest BCUT2D eigenvalue weighted by atomic mass is 32.1. The van der Waals surface area contributed by atoms with Crippen LogP contribution in [0.2, 0.25) is 0 Å². The average Bonchev–Trinajstić information content (AvgIpc) is 2.48. The van der Waals surface area contributed by atoms with Gasteiger partial charge in [-0.2, -0.15) is 0 Å². The van der Waals surface area contributed by atoms with E-state index in [1.807, 2.05) is 18.4 Å². The first-order chi connectivity index (χ1) is 6.65. The van der Waals surface area contributed by atoms with Gasteiger partial charge in [-0.15, -0.1) is 11.3 Å². The summed E-state index contributed by atoms with van der Waals surface area (Å²) in [4.78, 5) is 2.78. The normalized spacial score (nSPS) is 24.8. The predicted molar refractivity (Wildman–Crippen MR) is 63.6 cm³/mol. The van der Waals surface area contributed by atoms with Gasteiger partial charge in [0.15, 0.2) is 0 Å². The largest absolute Gasteiger partial charge is 0.307 e. The van der Waals surface area contributed by atoms with Crippen LogP contribution in [0.5, 0.6) is 0 Å². The zero-order chi connectivity index (χ0) is 10.2. The molecule has 0 bridgehead atoms. The Morgan fingerprint density at radius 2 is 2.14 bits per heavy atom. The second-order valence-electron chi connectivity index (χ2n) is 3.81. The first kappa shape index (κ1) is 9.69. The molecule has 1 N–H and O–H groups in total. The van der Waals surface area contributed by atoms with Gasteiger partial charge < -0.3 is 5.32 Å². The highest BCUT2D eigenvalue weighted by Crippen LogP contribution is 2.35. The van der Waals surface area contributed by atoms with E-state index in [0.717, 1.165) is 0 Å². The van der Waals surface area contributed by atoms with Gasteiger partial charge in [0.1, 0.15) is 0 Å².